The summed E-state index contributed by atoms with van der Waals surface area (Å²) in [4.78, 5) is 0. The highest BCUT2D eigenvalue weighted by atomic mass is 16.5. The molecule has 0 saturated heterocycles. The number of hydrogen-bond donors (Lipinski definition) is 2. The van der Waals surface area contributed by atoms with Crippen molar-refractivity contribution in [1.82, 2.24) is 5.32 Å². The van der Waals surface area contributed by atoms with Crippen LogP contribution in [-0.2, 0) is 12.0 Å². The minimum absolute atomic E-state index is 0.0118. The zero-order valence-electron chi connectivity index (χ0n) is 15.2. The number of aryl methyl sites for hydroxylation is 1. The van der Waals surface area contributed by atoms with Crippen molar-refractivity contribution in [2.75, 3.05) is 13.2 Å². The van der Waals surface area contributed by atoms with Gasteiger partial charge in [-0.1, -0.05) is 68.8 Å². The monoisotopic (exact) mass is 327 g/mol. The summed E-state index contributed by atoms with van der Waals surface area (Å²) in [6.45, 7) is 10.1. The smallest absolute Gasteiger partial charge is 0.123 e. The molecular formula is C21H29NO2. The maximum Gasteiger partial charge on any atom is 0.123 e. The molecule has 0 bridgehead atoms. The van der Waals surface area contributed by atoms with Gasteiger partial charge in [0.25, 0.3) is 0 Å². The third-order valence-electron chi connectivity index (χ3n) is 3.93. The predicted octanol–water partition coefficient (Wildman–Crippen LogP) is 3.82. The van der Waals surface area contributed by atoms with E-state index in [1.54, 1.807) is 0 Å². The molecule has 1 unspecified atom stereocenters. The number of aliphatic hydroxyl groups is 1. The molecule has 0 fully saturated rings. The summed E-state index contributed by atoms with van der Waals surface area (Å²) in [5.41, 5.74) is 3.61. The number of rotatable bonds is 7. The molecule has 0 amide bonds. The van der Waals surface area contributed by atoms with Crippen molar-refractivity contribution < 1.29 is 9.84 Å². The van der Waals surface area contributed by atoms with Crippen molar-refractivity contribution in [3.63, 3.8) is 0 Å². The van der Waals surface area contributed by atoms with Gasteiger partial charge in [-0.05, 0) is 29.5 Å². The van der Waals surface area contributed by atoms with Crippen molar-refractivity contribution in [3.8, 4) is 5.75 Å². The molecule has 0 aliphatic rings. The lowest BCUT2D eigenvalue weighted by atomic mass is 9.85. The van der Waals surface area contributed by atoms with Crippen molar-refractivity contribution in [1.29, 1.82) is 0 Å². The second-order valence-corrected chi connectivity index (χ2v) is 7.33. The van der Waals surface area contributed by atoms with E-state index in [2.05, 4.69) is 51.2 Å². The van der Waals surface area contributed by atoms with Crippen LogP contribution in [0.2, 0.25) is 0 Å². The van der Waals surface area contributed by atoms with E-state index in [0.29, 0.717) is 6.54 Å². The molecule has 0 aliphatic carbocycles. The molecule has 0 aliphatic heterocycles. The number of ether oxygens (including phenoxy) is 1. The van der Waals surface area contributed by atoms with E-state index < -0.39 is 6.10 Å². The Morgan fingerprint density at radius 3 is 2.46 bits per heavy atom. The quantitative estimate of drug-likeness (QED) is 0.812. The third kappa shape index (κ3) is 5.66. The first-order valence-corrected chi connectivity index (χ1v) is 8.53. The molecule has 2 aromatic rings. The van der Waals surface area contributed by atoms with E-state index in [9.17, 15) is 5.11 Å². The molecule has 1 atom stereocenters. The predicted molar refractivity (Wildman–Crippen MR) is 99.5 cm³/mol. The lowest BCUT2D eigenvalue weighted by molar-refractivity contribution is 0.105. The Kier molecular flexibility index (Phi) is 6.41. The number of hydrogen-bond acceptors (Lipinski definition) is 3. The average molecular weight is 327 g/mol. The molecule has 3 heteroatoms. The summed E-state index contributed by atoms with van der Waals surface area (Å²) >= 11 is 0. The number of aliphatic hydroxyl groups excluding tert-OH is 1. The van der Waals surface area contributed by atoms with E-state index >= 15 is 0 Å². The minimum Gasteiger partial charge on any atom is -0.491 e. The Morgan fingerprint density at radius 2 is 1.79 bits per heavy atom. The lowest BCUT2D eigenvalue weighted by Crippen LogP contribution is -2.31. The SMILES string of the molecule is Cc1ccc(OCC(O)CNCc2ccccc2)c(C(C)(C)C)c1. The molecule has 0 heterocycles. The average Bonchev–Trinajstić information content (AvgIpc) is 2.54. The van der Waals surface area contributed by atoms with Crippen LogP contribution in [0.3, 0.4) is 0 Å². The first-order valence-electron chi connectivity index (χ1n) is 8.53. The maximum atomic E-state index is 10.1. The zero-order chi connectivity index (χ0) is 17.6. The molecule has 2 N–H and O–H groups in total. The van der Waals surface area contributed by atoms with Gasteiger partial charge in [0.15, 0.2) is 0 Å². The lowest BCUT2D eigenvalue weighted by Gasteiger charge is -2.24. The van der Waals surface area contributed by atoms with Gasteiger partial charge in [0.1, 0.15) is 18.5 Å². The molecule has 2 aromatic carbocycles. The van der Waals surface area contributed by atoms with E-state index in [4.69, 9.17) is 4.74 Å². The fourth-order valence-corrected chi connectivity index (χ4v) is 2.58. The Bertz CT molecular complexity index is 632. The summed E-state index contributed by atoms with van der Waals surface area (Å²) in [6.07, 6.45) is -0.539. The topological polar surface area (TPSA) is 41.5 Å². The Balaban J connectivity index is 1.84. The van der Waals surface area contributed by atoms with Crippen LogP contribution in [0.4, 0.5) is 0 Å². The highest BCUT2D eigenvalue weighted by molar-refractivity contribution is 5.41. The van der Waals surface area contributed by atoms with Gasteiger partial charge < -0.3 is 15.2 Å². The van der Waals surface area contributed by atoms with Crippen LogP contribution in [0.25, 0.3) is 0 Å². The van der Waals surface area contributed by atoms with Gasteiger partial charge in [-0.3, -0.25) is 0 Å². The number of nitrogens with one attached hydrogen (secondary N) is 1. The molecule has 130 valence electrons. The largest absolute Gasteiger partial charge is 0.491 e. The van der Waals surface area contributed by atoms with Crippen LogP contribution in [-0.4, -0.2) is 24.4 Å². The van der Waals surface area contributed by atoms with Gasteiger partial charge in [-0.25, -0.2) is 0 Å². The molecule has 0 aromatic heterocycles. The van der Waals surface area contributed by atoms with Gasteiger partial charge >= 0.3 is 0 Å². The standard InChI is InChI=1S/C21H29NO2/c1-16-10-11-20(19(12-16)21(2,3)4)24-15-18(23)14-22-13-17-8-6-5-7-9-17/h5-12,18,22-23H,13-15H2,1-4H3. The Hall–Kier alpha value is -1.84. The molecule has 0 saturated carbocycles. The second kappa shape index (κ2) is 8.32. The molecule has 0 spiro atoms. The van der Waals surface area contributed by atoms with Gasteiger partial charge in [0.05, 0.1) is 0 Å². The maximum absolute atomic E-state index is 10.1. The molecule has 3 nitrogen and oxygen atoms in total. The van der Waals surface area contributed by atoms with E-state index in [0.717, 1.165) is 12.3 Å². The van der Waals surface area contributed by atoms with Crippen LogP contribution >= 0.6 is 0 Å². The van der Waals surface area contributed by atoms with E-state index in [1.807, 2.05) is 30.3 Å². The van der Waals surface area contributed by atoms with Gasteiger partial charge in [-0.2, -0.15) is 0 Å². The van der Waals surface area contributed by atoms with Crippen LogP contribution in [0.5, 0.6) is 5.75 Å². The van der Waals surface area contributed by atoms with E-state index in [-0.39, 0.29) is 12.0 Å². The molecule has 24 heavy (non-hydrogen) atoms. The van der Waals surface area contributed by atoms with Gasteiger partial charge in [0, 0.05) is 13.1 Å². The summed E-state index contributed by atoms with van der Waals surface area (Å²) in [5.74, 6) is 0.857. The van der Waals surface area contributed by atoms with Crippen molar-refractivity contribution in [2.45, 2.75) is 45.8 Å². The Labute approximate surface area is 145 Å². The van der Waals surface area contributed by atoms with Gasteiger partial charge in [-0.15, -0.1) is 0 Å². The van der Waals surface area contributed by atoms with Gasteiger partial charge in [0.2, 0.25) is 0 Å². The van der Waals surface area contributed by atoms with Crippen LogP contribution in [0.1, 0.15) is 37.5 Å². The normalized spacial score (nSPS) is 12.9. The third-order valence-corrected chi connectivity index (χ3v) is 3.93. The highest BCUT2D eigenvalue weighted by Gasteiger charge is 2.19. The fraction of sp³-hybridized carbons (Fsp3) is 0.429. The van der Waals surface area contributed by atoms with Crippen molar-refractivity contribution in [3.05, 3.63) is 65.2 Å². The van der Waals surface area contributed by atoms with Crippen LogP contribution < -0.4 is 10.1 Å². The van der Waals surface area contributed by atoms with Crippen molar-refractivity contribution in [2.24, 2.45) is 0 Å². The van der Waals surface area contributed by atoms with Crippen LogP contribution in [0.15, 0.2) is 48.5 Å². The summed E-state index contributed by atoms with van der Waals surface area (Å²) in [5, 5.41) is 13.4. The molecular weight excluding hydrogens is 298 g/mol. The first-order chi connectivity index (χ1) is 11.4. The zero-order valence-corrected chi connectivity index (χ0v) is 15.2. The highest BCUT2D eigenvalue weighted by Crippen LogP contribution is 2.32. The van der Waals surface area contributed by atoms with Crippen LogP contribution in [0, 0.1) is 6.92 Å². The second-order valence-electron chi connectivity index (χ2n) is 7.33. The summed E-state index contributed by atoms with van der Waals surface area (Å²) in [7, 11) is 0. The fourth-order valence-electron chi connectivity index (χ4n) is 2.58. The number of benzene rings is 2. The van der Waals surface area contributed by atoms with Crippen molar-refractivity contribution >= 4 is 0 Å². The Morgan fingerprint density at radius 1 is 1.08 bits per heavy atom. The first kappa shape index (κ1) is 18.5. The minimum atomic E-state index is -0.539. The molecule has 0 radical (unpaired) electrons. The summed E-state index contributed by atoms with van der Waals surface area (Å²) in [6, 6.07) is 16.4. The van der Waals surface area contributed by atoms with E-state index in [1.165, 1.54) is 16.7 Å². The molecule has 2 rings (SSSR count). The summed E-state index contributed by atoms with van der Waals surface area (Å²) < 4.78 is 5.89.